The van der Waals surface area contributed by atoms with Crippen molar-refractivity contribution in [3.05, 3.63) is 28.2 Å². The van der Waals surface area contributed by atoms with E-state index < -0.39 is 0 Å². The molecule has 0 amide bonds. The molecule has 1 rings (SSSR count). The molecular formula is C10H12BrNO2. The Morgan fingerprint density at radius 1 is 1.57 bits per heavy atom. The number of nitrogens with two attached hydrogens (primary N) is 1. The minimum Gasteiger partial charge on any atom is -0.504 e. The maximum absolute atomic E-state index is 9.50. The summed E-state index contributed by atoms with van der Waals surface area (Å²) < 4.78 is 5.94. The van der Waals surface area contributed by atoms with E-state index in [2.05, 4.69) is 15.9 Å². The number of phenolic OH excluding ortho intramolecular Hbond substituents is 1. The van der Waals surface area contributed by atoms with Crippen molar-refractivity contribution < 1.29 is 9.84 Å². The number of hydrogen-bond donors (Lipinski definition) is 2. The van der Waals surface area contributed by atoms with Crippen molar-refractivity contribution in [2.45, 2.75) is 0 Å². The van der Waals surface area contributed by atoms with Gasteiger partial charge in [0, 0.05) is 16.6 Å². The number of methoxy groups -OCH3 is 1. The lowest BCUT2D eigenvalue weighted by atomic mass is 10.1. The fraction of sp³-hybridized carbons (Fsp3) is 0.200. The first-order valence-corrected chi connectivity index (χ1v) is 4.92. The SMILES string of the molecule is COc1c(O)ccc(Br)c1/C=C/CN. The van der Waals surface area contributed by atoms with Gasteiger partial charge in [-0.05, 0) is 12.1 Å². The molecule has 0 aromatic heterocycles. The molecule has 0 aliphatic carbocycles. The molecule has 0 spiro atoms. The van der Waals surface area contributed by atoms with Crippen LogP contribution in [-0.4, -0.2) is 18.8 Å². The number of benzene rings is 1. The zero-order chi connectivity index (χ0) is 10.6. The van der Waals surface area contributed by atoms with Gasteiger partial charge in [-0.15, -0.1) is 0 Å². The van der Waals surface area contributed by atoms with Crippen molar-refractivity contribution in [2.75, 3.05) is 13.7 Å². The van der Waals surface area contributed by atoms with E-state index >= 15 is 0 Å². The van der Waals surface area contributed by atoms with Crippen LogP contribution in [-0.2, 0) is 0 Å². The molecule has 0 heterocycles. The molecule has 14 heavy (non-hydrogen) atoms. The van der Waals surface area contributed by atoms with Crippen molar-refractivity contribution in [1.82, 2.24) is 0 Å². The average Bonchev–Trinajstić information content (AvgIpc) is 2.19. The molecule has 1 aromatic rings. The molecule has 76 valence electrons. The average molecular weight is 258 g/mol. The Hall–Kier alpha value is -1.00. The van der Waals surface area contributed by atoms with E-state index in [0.717, 1.165) is 10.0 Å². The largest absolute Gasteiger partial charge is 0.504 e. The van der Waals surface area contributed by atoms with E-state index in [1.165, 1.54) is 7.11 Å². The van der Waals surface area contributed by atoms with Gasteiger partial charge in [-0.3, -0.25) is 0 Å². The lowest BCUT2D eigenvalue weighted by Crippen LogP contribution is -1.93. The smallest absolute Gasteiger partial charge is 0.168 e. The predicted octanol–water partition coefficient (Wildman–Crippen LogP) is 2.14. The maximum Gasteiger partial charge on any atom is 0.168 e. The molecule has 3 N–H and O–H groups in total. The Morgan fingerprint density at radius 2 is 2.29 bits per heavy atom. The molecule has 0 aliphatic rings. The van der Waals surface area contributed by atoms with Crippen LogP contribution in [0.25, 0.3) is 6.08 Å². The fourth-order valence-corrected chi connectivity index (χ4v) is 1.56. The van der Waals surface area contributed by atoms with Gasteiger partial charge in [-0.1, -0.05) is 28.1 Å². The van der Waals surface area contributed by atoms with Gasteiger partial charge in [0.15, 0.2) is 11.5 Å². The number of phenols is 1. The topological polar surface area (TPSA) is 55.5 Å². The Labute approximate surface area is 91.3 Å². The first-order valence-electron chi connectivity index (χ1n) is 4.12. The quantitative estimate of drug-likeness (QED) is 0.873. The third kappa shape index (κ3) is 2.27. The lowest BCUT2D eigenvalue weighted by Gasteiger charge is -2.08. The van der Waals surface area contributed by atoms with Crippen LogP contribution in [0.2, 0.25) is 0 Å². The van der Waals surface area contributed by atoms with Crippen molar-refractivity contribution in [3.8, 4) is 11.5 Å². The first kappa shape index (κ1) is 11.1. The van der Waals surface area contributed by atoms with Crippen molar-refractivity contribution in [3.63, 3.8) is 0 Å². The molecule has 3 nitrogen and oxygen atoms in total. The van der Waals surface area contributed by atoms with Crippen LogP contribution in [0.15, 0.2) is 22.7 Å². The van der Waals surface area contributed by atoms with Crippen LogP contribution in [0.5, 0.6) is 11.5 Å². The summed E-state index contributed by atoms with van der Waals surface area (Å²) in [6, 6.07) is 3.33. The molecule has 0 saturated heterocycles. The minimum atomic E-state index is 0.118. The summed E-state index contributed by atoms with van der Waals surface area (Å²) in [4.78, 5) is 0. The van der Waals surface area contributed by atoms with Crippen molar-refractivity contribution >= 4 is 22.0 Å². The molecule has 0 fully saturated rings. The standard InChI is InChI=1S/C10H12BrNO2/c1-14-10-7(3-2-6-12)8(11)4-5-9(10)13/h2-5,13H,6,12H2,1H3/b3-2+. The second-order valence-electron chi connectivity index (χ2n) is 2.65. The number of rotatable bonds is 3. The molecule has 4 heteroatoms. The summed E-state index contributed by atoms with van der Waals surface area (Å²) >= 11 is 3.37. The Kier molecular flexibility index (Phi) is 3.98. The highest BCUT2D eigenvalue weighted by molar-refractivity contribution is 9.10. The van der Waals surface area contributed by atoms with E-state index in [0.29, 0.717) is 12.3 Å². The van der Waals surface area contributed by atoms with Gasteiger partial charge in [0.2, 0.25) is 0 Å². The highest BCUT2D eigenvalue weighted by atomic mass is 79.9. The Bertz CT molecular complexity index is 350. The third-order valence-corrected chi connectivity index (χ3v) is 2.44. The number of hydrogen-bond acceptors (Lipinski definition) is 3. The molecule has 0 atom stereocenters. The number of halogens is 1. The van der Waals surface area contributed by atoms with E-state index in [1.807, 2.05) is 6.08 Å². The fourth-order valence-electron chi connectivity index (χ4n) is 1.12. The molecule has 0 saturated carbocycles. The van der Waals surface area contributed by atoms with Gasteiger partial charge in [0.1, 0.15) is 0 Å². The minimum absolute atomic E-state index is 0.118. The summed E-state index contributed by atoms with van der Waals surface area (Å²) in [6.07, 6.45) is 3.60. The second kappa shape index (κ2) is 5.02. The van der Waals surface area contributed by atoms with E-state index in [4.69, 9.17) is 10.5 Å². The number of ether oxygens (including phenoxy) is 1. The lowest BCUT2D eigenvalue weighted by molar-refractivity contribution is 0.372. The molecular weight excluding hydrogens is 246 g/mol. The maximum atomic E-state index is 9.50. The highest BCUT2D eigenvalue weighted by Gasteiger charge is 2.09. The Balaban J connectivity index is 3.22. The molecule has 0 bridgehead atoms. The van der Waals surface area contributed by atoms with Crippen LogP contribution in [0, 0.1) is 0 Å². The first-order chi connectivity index (χ1) is 6.70. The molecule has 0 radical (unpaired) electrons. The van der Waals surface area contributed by atoms with Crippen molar-refractivity contribution in [1.29, 1.82) is 0 Å². The van der Waals surface area contributed by atoms with Crippen LogP contribution in [0.1, 0.15) is 5.56 Å². The normalized spacial score (nSPS) is 10.8. The van der Waals surface area contributed by atoms with E-state index in [-0.39, 0.29) is 5.75 Å². The summed E-state index contributed by atoms with van der Waals surface area (Å²) in [5.41, 5.74) is 6.14. The van der Waals surface area contributed by atoms with Gasteiger partial charge < -0.3 is 15.6 Å². The summed E-state index contributed by atoms with van der Waals surface area (Å²) in [7, 11) is 1.52. The van der Waals surface area contributed by atoms with Gasteiger partial charge >= 0.3 is 0 Å². The molecule has 0 unspecified atom stereocenters. The predicted molar refractivity (Wildman–Crippen MR) is 60.4 cm³/mol. The molecule has 1 aromatic carbocycles. The summed E-state index contributed by atoms with van der Waals surface area (Å²) in [5.74, 6) is 0.566. The van der Waals surface area contributed by atoms with Crippen LogP contribution >= 0.6 is 15.9 Å². The monoisotopic (exact) mass is 257 g/mol. The van der Waals surface area contributed by atoms with Crippen LogP contribution in [0.3, 0.4) is 0 Å². The highest BCUT2D eigenvalue weighted by Crippen LogP contribution is 2.35. The van der Waals surface area contributed by atoms with Gasteiger partial charge in [0.05, 0.1) is 7.11 Å². The number of aromatic hydroxyl groups is 1. The zero-order valence-electron chi connectivity index (χ0n) is 7.83. The third-order valence-electron chi connectivity index (χ3n) is 1.75. The van der Waals surface area contributed by atoms with E-state index in [1.54, 1.807) is 18.2 Å². The van der Waals surface area contributed by atoms with Gasteiger partial charge in [-0.2, -0.15) is 0 Å². The zero-order valence-corrected chi connectivity index (χ0v) is 9.41. The van der Waals surface area contributed by atoms with Crippen molar-refractivity contribution in [2.24, 2.45) is 5.73 Å². The molecule has 0 aliphatic heterocycles. The van der Waals surface area contributed by atoms with Crippen LogP contribution < -0.4 is 10.5 Å². The van der Waals surface area contributed by atoms with E-state index in [9.17, 15) is 5.11 Å². The summed E-state index contributed by atoms with van der Waals surface area (Å²) in [6.45, 7) is 0.450. The van der Waals surface area contributed by atoms with Gasteiger partial charge in [-0.25, -0.2) is 0 Å². The Morgan fingerprint density at radius 3 is 2.86 bits per heavy atom. The van der Waals surface area contributed by atoms with Crippen LogP contribution in [0.4, 0.5) is 0 Å². The van der Waals surface area contributed by atoms with Gasteiger partial charge in [0.25, 0.3) is 0 Å². The second-order valence-corrected chi connectivity index (χ2v) is 3.51. The summed E-state index contributed by atoms with van der Waals surface area (Å²) in [5, 5.41) is 9.50.